The Hall–Kier alpha value is -1.43. The number of aryl methyl sites for hydroxylation is 2. The van der Waals surface area contributed by atoms with Crippen molar-refractivity contribution in [2.24, 2.45) is 0 Å². The van der Waals surface area contributed by atoms with Crippen molar-refractivity contribution in [3.63, 3.8) is 0 Å². The molecule has 0 aliphatic heterocycles. The lowest BCUT2D eigenvalue weighted by Gasteiger charge is -2.16. The van der Waals surface area contributed by atoms with Gasteiger partial charge < -0.3 is 5.32 Å². The van der Waals surface area contributed by atoms with E-state index < -0.39 is 0 Å². The Bertz CT molecular complexity index is 607. The van der Waals surface area contributed by atoms with Crippen molar-refractivity contribution < 1.29 is 0 Å². The topological polar surface area (TPSA) is 40.7 Å². The summed E-state index contributed by atoms with van der Waals surface area (Å²) in [7, 11) is 0. The molecule has 0 radical (unpaired) electrons. The van der Waals surface area contributed by atoms with Crippen LogP contribution < -0.4 is 5.32 Å². The van der Waals surface area contributed by atoms with Gasteiger partial charge >= 0.3 is 0 Å². The predicted molar refractivity (Wildman–Crippen MR) is 90.1 cm³/mol. The zero-order valence-electron chi connectivity index (χ0n) is 12.0. The maximum absolute atomic E-state index is 4.07. The average Bonchev–Trinajstić information content (AvgIpc) is 3.21. The van der Waals surface area contributed by atoms with E-state index in [4.69, 9.17) is 0 Å². The molecule has 0 aliphatic carbocycles. The van der Waals surface area contributed by atoms with Gasteiger partial charge in [0.25, 0.3) is 0 Å². The minimum Gasteiger partial charge on any atom is -0.305 e. The zero-order chi connectivity index (χ0) is 14.5. The lowest BCUT2D eigenvalue weighted by Crippen LogP contribution is -2.22. The number of nitrogens with zero attached hydrogens (tertiary/aromatic N) is 1. The summed E-state index contributed by atoms with van der Waals surface area (Å²) in [5.74, 6) is 0. The minimum atomic E-state index is 0.329. The summed E-state index contributed by atoms with van der Waals surface area (Å²) < 4.78 is 0. The first-order chi connectivity index (χ1) is 10.3. The van der Waals surface area contributed by atoms with Gasteiger partial charge in [-0.2, -0.15) is 5.10 Å². The fourth-order valence-corrected chi connectivity index (χ4v) is 4.12. The summed E-state index contributed by atoms with van der Waals surface area (Å²) in [5.41, 5.74) is 2.50. The van der Waals surface area contributed by atoms with E-state index in [1.807, 2.05) is 28.9 Å². The van der Waals surface area contributed by atoms with Gasteiger partial charge in [0.1, 0.15) is 0 Å². The molecule has 5 heteroatoms. The first-order valence-electron chi connectivity index (χ1n) is 7.13. The molecular weight excluding hydrogens is 298 g/mol. The normalized spacial score (nSPS) is 11.3. The van der Waals surface area contributed by atoms with E-state index in [0.717, 1.165) is 19.4 Å². The van der Waals surface area contributed by atoms with Crippen LogP contribution in [0.3, 0.4) is 0 Å². The fraction of sp³-hybridized carbons (Fsp3) is 0.312. The van der Waals surface area contributed by atoms with Gasteiger partial charge in [-0.15, -0.1) is 22.7 Å². The summed E-state index contributed by atoms with van der Waals surface area (Å²) in [4.78, 5) is 2.77. The Labute approximate surface area is 133 Å². The highest BCUT2D eigenvalue weighted by molar-refractivity contribution is 7.11. The molecule has 3 nitrogen and oxygen atoms in total. The molecule has 110 valence electrons. The molecule has 0 bridgehead atoms. The third-order valence-corrected chi connectivity index (χ3v) is 5.44. The highest BCUT2D eigenvalue weighted by atomic mass is 32.1. The van der Waals surface area contributed by atoms with Crippen molar-refractivity contribution >= 4 is 22.7 Å². The molecule has 0 amide bonds. The summed E-state index contributed by atoms with van der Waals surface area (Å²) in [6.07, 6.45) is 4.12. The minimum absolute atomic E-state index is 0.329. The number of hydrogen-bond acceptors (Lipinski definition) is 4. The van der Waals surface area contributed by atoms with Gasteiger partial charge in [0.2, 0.25) is 0 Å². The summed E-state index contributed by atoms with van der Waals surface area (Å²) in [5, 5.41) is 15.1. The third kappa shape index (κ3) is 3.61. The van der Waals surface area contributed by atoms with E-state index in [2.05, 4.69) is 57.5 Å². The molecule has 0 saturated carbocycles. The van der Waals surface area contributed by atoms with Crippen LogP contribution in [0.4, 0.5) is 0 Å². The van der Waals surface area contributed by atoms with Crippen LogP contribution in [0.5, 0.6) is 0 Å². The summed E-state index contributed by atoms with van der Waals surface area (Å²) in [6.45, 7) is 3.08. The first-order valence-corrected chi connectivity index (χ1v) is 8.89. The Balaban J connectivity index is 1.57. The molecule has 0 aliphatic rings. The van der Waals surface area contributed by atoms with Crippen LogP contribution in [0.25, 0.3) is 0 Å². The summed E-state index contributed by atoms with van der Waals surface area (Å²) >= 11 is 3.63. The van der Waals surface area contributed by atoms with Gasteiger partial charge in [0, 0.05) is 15.4 Å². The van der Waals surface area contributed by atoms with Gasteiger partial charge in [0.05, 0.1) is 12.2 Å². The predicted octanol–water partition coefficient (Wildman–Crippen LogP) is 4.15. The van der Waals surface area contributed by atoms with E-state index in [1.165, 1.54) is 21.0 Å². The standard InChI is InChI=1S/C16H19N3S2/c1-12-13(11-18-19-12)5-2-8-17-16(14-6-3-9-20-14)15-7-4-10-21-15/h3-4,6-7,9-11,16-17H,2,5,8H2,1H3,(H,18,19). The molecule has 0 fully saturated rings. The van der Waals surface area contributed by atoms with Gasteiger partial charge in [0.15, 0.2) is 0 Å². The van der Waals surface area contributed by atoms with Crippen LogP contribution >= 0.6 is 22.7 Å². The molecular formula is C16H19N3S2. The molecule has 0 aromatic carbocycles. The van der Waals surface area contributed by atoms with E-state index >= 15 is 0 Å². The number of aromatic amines is 1. The second-order valence-corrected chi connectivity index (χ2v) is 7.00. The number of thiophene rings is 2. The molecule has 3 heterocycles. The van der Waals surface area contributed by atoms with Crippen molar-refractivity contribution in [2.45, 2.75) is 25.8 Å². The molecule has 3 aromatic rings. The molecule has 2 N–H and O–H groups in total. The molecule has 0 atom stereocenters. The third-order valence-electron chi connectivity index (χ3n) is 3.56. The maximum Gasteiger partial charge on any atom is 0.0764 e. The van der Waals surface area contributed by atoms with Crippen LogP contribution in [0.15, 0.2) is 41.2 Å². The maximum atomic E-state index is 4.07. The second kappa shape index (κ2) is 7.02. The average molecular weight is 317 g/mol. The number of aromatic nitrogens is 2. The van der Waals surface area contributed by atoms with Crippen LogP contribution in [0, 0.1) is 6.92 Å². The number of nitrogens with one attached hydrogen (secondary N) is 2. The van der Waals surface area contributed by atoms with Crippen LogP contribution in [0.2, 0.25) is 0 Å². The lowest BCUT2D eigenvalue weighted by molar-refractivity contribution is 0.596. The number of H-pyrrole nitrogens is 1. The highest BCUT2D eigenvalue weighted by Gasteiger charge is 2.15. The Morgan fingerprint density at radius 1 is 1.19 bits per heavy atom. The second-order valence-electron chi connectivity index (χ2n) is 5.04. The van der Waals surface area contributed by atoms with E-state index in [9.17, 15) is 0 Å². The largest absolute Gasteiger partial charge is 0.305 e. The SMILES string of the molecule is Cc1[nH]ncc1CCCNC(c1cccs1)c1cccs1. The van der Waals surface area contributed by atoms with Crippen molar-refractivity contribution in [3.8, 4) is 0 Å². The van der Waals surface area contributed by atoms with Gasteiger partial charge in [-0.3, -0.25) is 5.10 Å². The van der Waals surface area contributed by atoms with Crippen LogP contribution in [0.1, 0.15) is 33.5 Å². The van der Waals surface area contributed by atoms with E-state index in [1.54, 1.807) is 0 Å². The Morgan fingerprint density at radius 2 is 1.90 bits per heavy atom. The van der Waals surface area contributed by atoms with Crippen molar-refractivity contribution in [3.05, 3.63) is 62.2 Å². The lowest BCUT2D eigenvalue weighted by atomic mass is 10.1. The number of rotatable bonds is 7. The fourth-order valence-electron chi connectivity index (χ4n) is 2.41. The van der Waals surface area contributed by atoms with Gasteiger partial charge in [-0.25, -0.2) is 0 Å². The van der Waals surface area contributed by atoms with E-state index in [0.29, 0.717) is 6.04 Å². The monoisotopic (exact) mass is 317 g/mol. The van der Waals surface area contributed by atoms with Crippen molar-refractivity contribution in [1.82, 2.24) is 15.5 Å². The molecule has 0 unspecified atom stereocenters. The van der Waals surface area contributed by atoms with Crippen molar-refractivity contribution in [2.75, 3.05) is 6.54 Å². The smallest absolute Gasteiger partial charge is 0.0764 e. The van der Waals surface area contributed by atoms with E-state index in [-0.39, 0.29) is 0 Å². The molecule has 21 heavy (non-hydrogen) atoms. The Morgan fingerprint density at radius 3 is 2.43 bits per heavy atom. The zero-order valence-corrected chi connectivity index (χ0v) is 13.6. The first kappa shape index (κ1) is 14.5. The quantitative estimate of drug-likeness (QED) is 0.643. The molecule has 3 aromatic heterocycles. The molecule has 0 saturated heterocycles. The van der Waals surface area contributed by atoms with Crippen LogP contribution in [-0.4, -0.2) is 16.7 Å². The molecule has 0 spiro atoms. The van der Waals surface area contributed by atoms with Crippen molar-refractivity contribution in [1.29, 1.82) is 0 Å². The summed E-state index contributed by atoms with van der Waals surface area (Å²) in [6, 6.07) is 8.99. The van der Waals surface area contributed by atoms with Crippen LogP contribution in [-0.2, 0) is 6.42 Å². The molecule has 3 rings (SSSR count). The number of hydrogen-bond donors (Lipinski definition) is 2. The highest BCUT2D eigenvalue weighted by Crippen LogP contribution is 2.29. The Kier molecular flexibility index (Phi) is 4.85. The van der Waals surface area contributed by atoms with Gasteiger partial charge in [-0.05, 0) is 54.8 Å². The van der Waals surface area contributed by atoms with Gasteiger partial charge in [-0.1, -0.05) is 12.1 Å².